The van der Waals surface area contributed by atoms with E-state index in [4.69, 9.17) is 14.2 Å². The maximum atomic E-state index is 12.9. The molecule has 0 aliphatic rings. The van der Waals surface area contributed by atoms with E-state index in [0.29, 0.717) is 19.3 Å². The molecule has 0 aromatic heterocycles. The van der Waals surface area contributed by atoms with Gasteiger partial charge in [0.05, 0.1) is 0 Å². The van der Waals surface area contributed by atoms with Crippen molar-refractivity contribution in [3.05, 3.63) is 36.5 Å². The molecule has 6 nitrogen and oxygen atoms in total. The summed E-state index contributed by atoms with van der Waals surface area (Å²) in [6.45, 7) is 6.68. The second kappa shape index (κ2) is 70.1. The molecule has 476 valence electrons. The van der Waals surface area contributed by atoms with Crippen molar-refractivity contribution >= 4 is 17.9 Å². The van der Waals surface area contributed by atoms with Gasteiger partial charge in [-0.3, -0.25) is 14.4 Å². The van der Waals surface area contributed by atoms with Gasteiger partial charge in [0.25, 0.3) is 0 Å². The van der Waals surface area contributed by atoms with Crippen LogP contribution in [0.2, 0.25) is 0 Å². The zero-order chi connectivity index (χ0) is 58.5. The lowest BCUT2D eigenvalue weighted by molar-refractivity contribution is -0.167. The zero-order valence-electron chi connectivity index (χ0n) is 54.8. The monoisotopic (exact) mass is 1140 g/mol. The minimum atomic E-state index is -0.772. The van der Waals surface area contributed by atoms with Crippen molar-refractivity contribution in [2.24, 2.45) is 0 Å². The molecule has 0 saturated heterocycles. The van der Waals surface area contributed by atoms with Crippen LogP contribution < -0.4 is 0 Å². The van der Waals surface area contributed by atoms with Gasteiger partial charge in [0.2, 0.25) is 0 Å². The summed E-state index contributed by atoms with van der Waals surface area (Å²) in [4.78, 5) is 38.3. The number of hydrogen-bond acceptors (Lipinski definition) is 6. The van der Waals surface area contributed by atoms with E-state index >= 15 is 0 Å². The first-order chi connectivity index (χ1) is 40.0. The van der Waals surface area contributed by atoms with Crippen molar-refractivity contribution in [3.63, 3.8) is 0 Å². The number of carbonyl (C=O) groups excluding carboxylic acids is 3. The van der Waals surface area contributed by atoms with Crippen molar-refractivity contribution in [3.8, 4) is 0 Å². The lowest BCUT2D eigenvalue weighted by atomic mass is 10.0. The topological polar surface area (TPSA) is 78.9 Å². The molecule has 81 heavy (non-hydrogen) atoms. The van der Waals surface area contributed by atoms with Crippen LogP contribution in [0.25, 0.3) is 0 Å². The van der Waals surface area contributed by atoms with E-state index in [0.717, 1.165) is 70.6 Å². The van der Waals surface area contributed by atoms with Crippen LogP contribution in [0.15, 0.2) is 36.5 Å². The van der Waals surface area contributed by atoms with Crippen LogP contribution in [0.4, 0.5) is 0 Å². The smallest absolute Gasteiger partial charge is 0.306 e. The molecule has 0 saturated carbocycles. The number of ether oxygens (including phenoxy) is 3. The Kier molecular flexibility index (Phi) is 68.1. The van der Waals surface area contributed by atoms with Crippen molar-refractivity contribution in [2.45, 2.75) is 412 Å². The summed E-state index contributed by atoms with van der Waals surface area (Å²) in [7, 11) is 0. The summed E-state index contributed by atoms with van der Waals surface area (Å²) in [5.41, 5.74) is 0. The van der Waals surface area contributed by atoms with E-state index in [1.807, 2.05) is 0 Å². The molecule has 0 fully saturated rings. The molecule has 0 aliphatic carbocycles. The molecule has 0 radical (unpaired) electrons. The molecular formula is C75H140O6. The summed E-state index contributed by atoms with van der Waals surface area (Å²) >= 11 is 0. The third-order valence-electron chi connectivity index (χ3n) is 16.6. The van der Waals surface area contributed by atoms with Gasteiger partial charge in [-0.25, -0.2) is 0 Å². The lowest BCUT2D eigenvalue weighted by Crippen LogP contribution is -2.30. The quantitative estimate of drug-likeness (QED) is 0.0261. The first-order valence-corrected chi connectivity index (χ1v) is 36.5. The Morgan fingerprint density at radius 1 is 0.247 bits per heavy atom. The summed E-state index contributed by atoms with van der Waals surface area (Å²) in [5.74, 6) is -0.848. The third kappa shape index (κ3) is 68.3. The standard InChI is InChI=1S/C75H140O6/c1-4-7-10-13-16-19-22-25-28-29-30-31-32-33-34-35-36-37-38-39-40-41-42-43-44-45-46-47-48-51-53-56-59-62-65-68-74(77)80-71-72(81-75(78)69-66-63-60-57-54-50-27-24-21-18-15-12-9-6-3)70-79-73(76)67-64-61-58-55-52-49-26-23-20-17-14-11-8-5-2/h22,24-25,27,29-30,72H,4-21,23,26,28,31-71H2,1-3H3/b25-22-,27-24-,30-29-. The van der Waals surface area contributed by atoms with Gasteiger partial charge in [0.15, 0.2) is 6.10 Å². The molecular weight excluding hydrogens is 997 g/mol. The van der Waals surface area contributed by atoms with Crippen LogP contribution in [0.1, 0.15) is 406 Å². The minimum Gasteiger partial charge on any atom is -0.462 e. The third-order valence-corrected chi connectivity index (χ3v) is 16.6. The van der Waals surface area contributed by atoms with E-state index < -0.39 is 6.10 Å². The van der Waals surface area contributed by atoms with Gasteiger partial charge in [0, 0.05) is 19.3 Å². The van der Waals surface area contributed by atoms with Crippen LogP contribution in [0, 0.1) is 0 Å². The molecule has 0 heterocycles. The fraction of sp³-hybridized carbons (Fsp3) is 0.880. The second-order valence-electron chi connectivity index (χ2n) is 24.9. The van der Waals surface area contributed by atoms with E-state index in [1.54, 1.807) is 0 Å². The summed E-state index contributed by atoms with van der Waals surface area (Å²) < 4.78 is 17.0. The molecule has 0 rings (SSSR count). The van der Waals surface area contributed by atoms with Crippen molar-refractivity contribution in [1.82, 2.24) is 0 Å². The Bertz CT molecular complexity index is 1350. The second-order valence-corrected chi connectivity index (χ2v) is 24.9. The highest BCUT2D eigenvalue weighted by Gasteiger charge is 2.19. The Labute approximate surface area is 506 Å². The molecule has 0 aromatic rings. The van der Waals surface area contributed by atoms with Crippen LogP contribution in [-0.2, 0) is 28.6 Å². The largest absolute Gasteiger partial charge is 0.462 e. The molecule has 1 atom stereocenters. The highest BCUT2D eigenvalue weighted by Crippen LogP contribution is 2.19. The van der Waals surface area contributed by atoms with E-state index in [2.05, 4.69) is 57.2 Å². The van der Waals surface area contributed by atoms with E-state index in [-0.39, 0.29) is 31.1 Å². The average Bonchev–Trinajstić information content (AvgIpc) is 3.47. The van der Waals surface area contributed by atoms with Gasteiger partial charge < -0.3 is 14.2 Å². The lowest BCUT2D eigenvalue weighted by Gasteiger charge is -2.18. The number of allylic oxidation sites excluding steroid dienone is 6. The zero-order valence-corrected chi connectivity index (χ0v) is 54.8. The van der Waals surface area contributed by atoms with Crippen LogP contribution in [-0.4, -0.2) is 37.2 Å². The van der Waals surface area contributed by atoms with Crippen molar-refractivity contribution in [1.29, 1.82) is 0 Å². The summed E-state index contributed by atoms with van der Waals surface area (Å²) in [5, 5.41) is 0. The summed E-state index contributed by atoms with van der Waals surface area (Å²) in [6, 6.07) is 0. The predicted molar refractivity (Wildman–Crippen MR) is 353 cm³/mol. The minimum absolute atomic E-state index is 0.0689. The highest BCUT2D eigenvalue weighted by atomic mass is 16.6. The van der Waals surface area contributed by atoms with Crippen molar-refractivity contribution in [2.75, 3.05) is 13.2 Å². The number of hydrogen-bond donors (Lipinski definition) is 0. The van der Waals surface area contributed by atoms with Crippen LogP contribution in [0.5, 0.6) is 0 Å². The van der Waals surface area contributed by atoms with Crippen LogP contribution >= 0.6 is 0 Å². The fourth-order valence-corrected chi connectivity index (χ4v) is 11.1. The van der Waals surface area contributed by atoms with Gasteiger partial charge in [-0.2, -0.15) is 0 Å². The molecule has 0 amide bonds. The first-order valence-electron chi connectivity index (χ1n) is 36.5. The highest BCUT2D eigenvalue weighted by molar-refractivity contribution is 5.71. The van der Waals surface area contributed by atoms with Gasteiger partial charge >= 0.3 is 17.9 Å². The normalized spacial score (nSPS) is 12.2. The Morgan fingerprint density at radius 3 is 0.691 bits per heavy atom. The SMILES string of the molecule is CCCCCCC/C=C\C/C=C\CCCCCCCCCCCCCCCCCCCCCCCCCC(=O)OCC(COC(=O)CCCCCCCCCCCCCCCC)OC(=O)CCCCCCC/C=C\CCCCCCC. The Hall–Kier alpha value is -2.37. The molecule has 0 aromatic carbocycles. The van der Waals surface area contributed by atoms with Gasteiger partial charge in [-0.05, 0) is 77.0 Å². The Morgan fingerprint density at radius 2 is 0.444 bits per heavy atom. The first kappa shape index (κ1) is 78.6. The Balaban J connectivity index is 4.05. The number of esters is 3. The van der Waals surface area contributed by atoms with E-state index in [9.17, 15) is 14.4 Å². The number of unbranched alkanes of at least 4 members (excludes halogenated alkanes) is 51. The number of rotatable bonds is 68. The van der Waals surface area contributed by atoms with Gasteiger partial charge in [-0.15, -0.1) is 0 Å². The van der Waals surface area contributed by atoms with E-state index in [1.165, 1.54) is 295 Å². The van der Waals surface area contributed by atoms with Gasteiger partial charge in [-0.1, -0.05) is 346 Å². The molecule has 1 unspecified atom stereocenters. The molecule has 0 spiro atoms. The molecule has 0 bridgehead atoms. The van der Waals surface area contributed by atoms with Crippen molar-refractivity contribution < 1.29 is 28.6 Å². The molecule has 0 aliphatic heterocycles. The fourth-order valence-electron chi connectivity index (χ4n) is 11.1. The maximum Gasteiger partial charge on any atom is 0.306 e. The average molecular weight is 1140 g/mol. The van der Waals surface area contributed by atoms with Crippen LogP contribution in [0.3, 0.4) is 0 Å². The summed E-state index contributed by atoms with van der Waals surface area (Å²) in [6.07, 6.45) is 87.7. The molecule has 0 N–H and O–H groups in total. The van der Waals surface area contributed by atoms with Gasteiger partial charge in [0.1, 0.15) is 13.2 Å². The maximum absolute atomic E-state index is 12.9. The predicted octanol–water partition coefficient (Wildman–Crippen LogP) is 25.1. The molecule has 6 heteroatoms. The number of carbonyl (C=O) groups is 3.